The summed E-state index contributed by atoms with van der Waals surface area (Å²) in [6.07, 6.45) is 1.78. The van der Waals surface area contributed by atoms with Gasteiger partial charge in [0, 0.05) is 35.2 Å². The van der Waals surface area contributed by atoms with Crippen molar-refractivity contribution in [2.45, 2.75) is 24.3 Å². The first-order valence-corrected chi connectivity index (χ1v) is 10.8. The normalized spacial score (nSPS) is 12.7. The van der Waals surface area contributed by atoms with Crippen LogP contribution < -0.4 is 15.6 Å². The zero-order valence-electron chi connectivity index (χ0n) is 15.7. The van der Waals surface area contributed by atoms with E-state index in [4.69, 9.17) is 16.3 Å². The number of aromatic nitrogens is 2. The molecule has 0 atom stereocenters. The summed E-state index contributed by atoms with van der Waals surface area (Å²) in [7, 11) is 0. The molecule has 2 heterocycles. The maximum atomic E-state index is 12.6. The Morgan fingerprint density at radius 3 is 2.90 bits per heavy atom. The summed E-state index contributed by atoms with van der Waals surface area (Å²) in [5.41, 5.74) is 0.621. The largest absolute Gasteiger partial charge is 0.484 e. The second kappa shape index (κ2) is 8.88. The summed E-state index contributed by atoms with van der Waals surface area (Å²) in [6, 6.07) is 12.8. The number of nitrogens with zero attached hydrogens (tertiary/aromatic N) is 2. The van der Waals surface area contributed by atoms with Gasteiger partial charge in [-0.15, -0.1) is 11.8 Å². The van der Waals surface area contributed by atoms with Crippen LogP contribution in [0.3, 0.4) is 0 Å². The topological polar surface area (TPSA) is 73.2 Å². The van der Waals surface area contributed by atoms with Crippen LogP contribution in [0.25, 0.3) is 10.9 Å². The number of thioether (sulfide) groups is 1. The summed E-state index contributed by atoms with van der Waals surface area (Å²) in [4.78, 5) is 30.3. The Kier molecular flexibility index (Phi) is 6.06. The van der Waals surface area contributed by atoms with Crippen LogP contribution >= 0.6 is 23.4 Å². The number of benzene rings is 2. The number of halogens is 1. The Bertz CT molecular complexity index is 1100. The van der Waals surface area contributed by atoms with E-state index >= 15 is 0 Å². The molecule has 150 valence electrons. The molecule has 2 aromatic carbocycles. The third-order valence-electron chi connectivity index (χ3n) is 4.66. The molecule has 29 heavy (non-hydrogen) atoms. The number of nitrogens with one attached hydrogen (secondary N) is 1. The van der Waals surface area contributed by atoms with Crippen LogP contribution in [0.4, 0.5) is 0 Å². The number of ether oxygens (including phenoxy) is 1. The highest BCUT2D eigenvalue weighted by Crippen LogP contribution is 2.21. The average Bonchev–Trinajstić information content (AvgIpc) is 3.20. The van der Waals surface area contributed by atoms with Crippen LogP contribution in [-0.4, -0.2) is 34.4 Å². The fourth-order valence-corrected chi connectivity index (χ4v) is 4.14. The number of rotatable bonds is 7. The number of carbonyl (C=O) groups excluding carboxylic acids is 1. The number of amides is 1. The minimum atomic E-state index is -0.203. The molecular formula is C21H20ClN3O3S. The molecule has 1 aliphatic heterocycles. The van der Waals surface area contributed by atoms with Gasteiger partial charge in [-0.2, -0.15) is 0 Å². The summed E-state index contributed by atoms with van der Waals surface area (Å²) < 4.78 is 7.29. The molecule has 8 heteroatoms. The summed E-state index contributed by atoms with van der Waals surface area (Å²) in [5, 5.41) is 4.05. The van der Waals surface area contributed by atoms with E-state index in [1.54, 1.807) is 34.5 Å². The third-order valence-corrected chi connectivity index (χ3v) is 5.93. The van der Waals surface area contributed by atoms with Crippen molar-refractivity contribution < 1.29 is 9.53 Å². The van der Waals surface area contributed by atoms with Gasteiger partial charge in [0.2, 0.25) is 0 Å². The molecule has 0 saturated carbocycles. The molecule has 0 radical (unpaired) electrons. The standard InChI is InChI=1S/C21H20ClN3O3S/c22-14-3-6-16(7-4-14)29-11-9-23-20(26)13-28-15-5-8-18-17(12-15)21(27)25-10-1-2-19(25)24-18/h3-8,12H,1-2,9-11,13H2,(H,23,26). The molecule has 1 N–H and O–H groups in total. The predicted octanol–water partition coefficient (Wildman–Crippen LogP) is 3.28. The Hall–Kier alpha value is -2.51. The number of carbonyl (C=O) groups is 1. The molecule has 1 amide bonds. The van der Waals surface area contributed by atoms with Gasteiger partial charge in [0.25, 0.3) is 11.5 Å². The summed E-state index contributed by atoms with van der Waals surface area (Å²) >= 11 is 7.50. The molecule has 0 saturated heterocycles. The van der Waals surface area contributed by atoms with Crippen LogP contribution in [0, 0.1) is 0 Å². The average molecular weight is 430 g/mol. The SMILES string of the molecule is O=C(COc1ccc2nc3n(c(=O)c2c1)CCC3)NCCSc1ccc(Cl)cc1. The second-order valence-corrected chi connectivity index (χ2v) is 8.31. The monoisotopic (exact) mass is 429 g/mol. The smallest absolute Gasteiger partial charge is 0.261 e. The van der Waals surface area contributed by atoms with Crippen LogP contribution in [0.1, 0.15) is 12.2 Å². The zero-order chi connectivity index (χ0) is 20.2. The van der Waals surface area contributed by atoms with Crippen molar-refractivity contribution in [3.05, 3.63) is 63.7 Å². The highest BCUT2D eigenvalue weighted by Gasteiger charge is 2.16. The van der Waals surface area contributed by atoms with E-state index in [0.717, 1.165) is 29.3 Å². The fraction of sp³-hybridized carbons (Fsp3) is 0.286. The lowest BCUT2D eigenvalue weighted by Crippen LogP contribution is -2.30. The van der Waals surface area contributed by atoms with Crippen LogP contribution in [0.5, 0.6) is 5.75 Å². The van der Waals surface area contributed by atoms with Crippen molar-refractivity contribution in [3.63, 3.8) is 0 Å². The van der Waals surface area contributed by atoms with E-state index in [9.17, 15) is 9.59 Å². The van der Waals surface area contributed by atoms with Crippen LogP contribution in [-0.2, 0) is 17.8 Å². The molecule has 6 nitrogen and oxygen atoms in total. The molecule has 0 bridgehead atoms. The van der Waals surface area contributed by atoms with Gasteiger partial charge in [-0.05, 0) is 48.9 Å². The Morgan fingerprint density at radius 2 is 2.07 bits per heavy atom. The van der Waals surface area contributed by atoms with Crippen molar-refractivity contribution in [2.75, 3.05) is 18.9 Å². The van der Waals surface area contributed by atoms with E-state index < -0.39 is 0 Å². The molecule has 0 spiro atoms. The summed E-state index contributed by atoms with van der Waals surface area (Å²) in [5.74, 6) is 1.87. The molecule has 0 aliphatic carbocycles. The van der Waals surface area contributed by atoms with Crippen LogP contribution in [0.2, 0.25) is 5.02 Å². The minimum Gasteiger partial charge on any atom is -0.484 e. The number of hydrogen-bond acceptors (Lipinski definition) is 5. The van der Waals surface area contributed by atoms with Crippen molar-refractivity contribution in [1.29, 1.82) is 0 Å². The van der Waals surface area contributed by atoms with E-state index in [1.165, 1.54) is 0 Å². The van der Waals surface area contributed by atoms with Crippen LogP contribution in [0.15, 0.2) is 52.2 Å². The van der Waals surface area contributed by atoms with E-state index in [0.29, 0.717) is 34.8 Å². The Morgan fingerprint density at radius 1 is 1.24 bits per heavy atom. The second-order valence-electron chi connectivity index (χ2n) is 6.71. The van der Waals surface area contributed by atoms with Gasteiger partial charge in [0.05, 0.1) is 10.9 Å². The first kappa shape index (κ1) is 19.8. The van der Waals surface area contributed by atoms with Crippen molar-refractivity contribution in [3.8, 4) is 5.75 Å². The maximum Gasteiger partial charge on any atom is 0.261 e. The molecule has 0 unspecified atom stereocenters. The van der Waals surface area contributed by atoms with Crippen molar-refractivity contribution >= 4 is 40.2 Å². The van der Waals surface area contributed by atoms with Gasteiger partial charge in [0.1, 0.15) is 11.6 Å². The van der Waals surface area contributed by atoms with E-state index in [1.807, 2.05) is 24.3 Å². The highest BCUT2D eigenvalue weighted by atomic mass is 35.5. The first-order chi connectivity index (χ1) is 14.1. The molecule has 0 fully saturated rings. The fourth-order valence-electron chi connectivity index (χ4n) is 3.24. The molecule has 4 rings (SSSR count). The van der Waals surface area contributed by atoms with Gasteiger partial charge in [0.15, 0.2) is 6.61 Å². The predicted molar refractivity (Wildman–Crippen MR) is 115 cm³/mol. The lowest BCUT2D eigenvalue weighted by Gasteiger charge is -2.09. The number of fused-ring (bicyclic) bond motifs is 2. The lowest BCUT2D eigenvalue weighted by molar-refractivity contribution is -0.122. The minimum absolute atomic E-state index is 0.0448. The molecular weight excluding hydrogens is 410 g/mol. The van der Waals surface area contributed by atoms with Gasteiger partial charge in [-0.25, -0.2) is 4.98 Å². The Labute approximate surface area is 177 Å². The van der Waals surface area contributed by atoms with Crippen molar-refractivity contribution in [2.24, 2.45) is 0 Å². The molecule has 1 aliphatic rings. The third kappa shape index (κ3) is 4.74. The van der Waals surface area contributed by atoms with E-state index in [2.05, 4.69) is 10.3 Å². The zero-order valence-corrected chi connectivity index (χ0v) is 17.3. The summed E-state index contributed by atoms with van der Waals surface area (Å²) in [6.45, 7) is 1.14. The van der Waals surface area contributed by atoms with E-state index in [-0.39, 0.29) is 18.1 Å². The van der Waals surface area contributed by atoms with Crippen molar-refractivity contribution in [1.82, 2.24) is 14.9 Å². The molecule has 1 aromatic heterocycles. The van der Waals surface area contributed by atoms with Gasteiger partial charge < -0.3 is 10.1 Å². The maximum absolute atomic E-state index is 12.6. The number of aryl methyl sites for hydroxylation is 1. The lowest BCUT2D eigenvalue weighted by atomic mass is 10.2. The number of hydrogen-bond donors (Lipinski definition) is 1. The Balaban J connectivity index is 1.28. The highest BCUT2D eigenvalue weighted by molar-refractivity contribution is 7.99. The van der Waals surface area contributed by atoms with Gasteiger partial charge in [-0.3, -0.25) is 14.2 Å². The van der Waals surface area contributed by atoms with Gasteiger partial charge in [-0.1, -0.05) is 11.6 Å². The quantitative estimate of drug-likeness (QED) is 0.461. The molecule has 3 aromatic rings. The van der Waals surface area contributed by atoms with Gasteiger partial charge >= 0.3 is 0 Å². The first-order valence-electron chi connectivity index (χ1n) is 9.41.